The smallest absolute Gasteiger partial charge is 0.250 e. The summed E-state index contributed by atoms with van der Waals surface area (Å²) < 4.78 is 0. The van der Waals surface area contributed by atoms with Gasteiger partial charge in [0, 0.05) is 23.3 Å². The Labute approximate surface area is 153 Å². The van der Waals surface area contributed by atoms with E-state index in [9.17, 15) is 14.4 Å². The Hall–Kier alpha value is -2.21. The van der Waals surface area contributed by atoms with Crippen LogP contribution in [0.5, 0.6) is 0 Å². The van der Waals surface area contributed by atoms with E-state index in [1.807, 2.05) is 46.8 Å². The fourth-order valence-corrected chi connectivity index (χ4v) is 4.92. The van der Waals surface area contributed by atoms with Crippen molar-refractivity contribution < 1.29 is 14.4 Å². The number of rotatable bonds is 2. The SMILES string of the molecule is CC[C@H](C)N1C(=O)[C@H]2[C@@H](C1=O)[C@]1(N[C@@H]2C)C(=O)Nc2c1ccc(C)c2C. The third kappa shape index (κ3) is 1.83. The van der Waals surface area contributed by atoms with Gasteiger partial charge < -0.3 is 5.32 Å². The molecule has 3 aliphatic rings. The van der Waals surface area contributed by atoms with E-state index in [4.69, 9.17) is 0 Å². The van der Waals surface area contributed by atoms with Crippen LogP contribution in [-0.2, 0) is 19.9 Å². The van der Waals surface area contributed by atoms with E-state index in [1.54, 1.807) is 0 Å². The molecule has 3 heterocycles. The molecule has 0 aromatic heterocycles. The molecule has 0 aliphatic carbocycles. The van der Waals surface area contributed by atoms with E-state index >= 15 is 0 Å². The molecule has 2 N–H and O–H groups in total. The van der Waals surface area contributed by atoms with Crippen LogP contribution in [0, 0.1) is 25.7 Å². The molecule has 1 aromatic carbocycles. The molecular weight excluding hydrogens is 330 g/mol. The lowest BCUT2D eigenvalue weighted by Crippen LogP contribution is -2.53. The second-order valence-corrected chi connectivity index (χ2v) is 7.93. The average molecular weight is 355 g/mol. The molecule has 3 amide bonds. The Morgan fingerprint density at radius 3 is 2.54 bits per heavy atom. The number of likely N-dealkylation sites (tertiary alicyclic amines) is 1. The van der Waals surface area contributed by atoms with Crippen molar-refractivity contribution >= 4 is 23.4 Å². The lowest BCUT2D eigenvalue weighted by molar-refractivity contribution is -0.145. The number of imide groups is 1. The number of hydrogen-bond acceptors (Lipinski definition) is 4. The summed E-state index contributed by atoms with van der Waals surface area (Å²) in [6, 6.07) is 3.49. The number of fused-ring (bicyclic) bond motifs is 4. The van der Waals surface area contributed by atoms with Gasteiger partial charge in [0.1, 0.15) is 5.54 Å². The minimum atomic E-state index is -1.16. The first kappa shape index (κ1) is 17.2. The molecule has 2 fully saturated rings. The van der Waals surface area contributed by atoms with E-state index in [0.29, 0.717) is 6.42 Å². The molecule has 3 aliphatic heterocycles. The monoisotopic (exact) mass is 355 g/mol. The van der Waals surface area contributed by atoms with Gasteiger partial charge in [0.2, 0.25) is 17.7 Å². The van der Waals surface area contributed by atoms with E-state index in [1.165, 1.54) is 4.90 Å². The van der Waals surface area contributed by atoms with Crippen LogP contribution in [0.1, 0.15) is 43.9 Å². The molecule has 0 saturated carbocycles. The van der Waals surface area contributed by atoms with E-state index in [0.717, 1.165) is 22.4 Å². The van der Waals surface area contributed by atoms with E-state index in [-0.39, 0.29) is 29.8 Å². The molecule has 6 heteroatoms. The minimum Gasteiger partial charge on any atom is -0.324 e. The second-order valence-electron chi connectivity index (χ2n) is 7.93. The first-order chi connectivity index (χ1) is 12.3. The minimum absolute atomic E-state index is 0.156. The first-order valence-corrected chi connectivity index (χ1v) is 9.32. The summed E-state index contributed by atoms with van der Waals surface area (Å²) in [6.45, 7) is 9.70. The fraction of sp³-hybridized carbons (Fsp3) is 0.550. The third-order valence-corrected chi connectivity index (χ3v) is 6.63. The van der Waals surface area contributed by atoms with Crippen LogP contribution in [0.2, 0.25) is 0 Å². The molecule has 4 rings (SSSR count). The van der Waals surface area contributed by atoms with Gasteiger partial charge in [0.15, 0.2) is 0 Å². The van der Waals surface area contributed by atoms with Crippen molar-refractivity contribution in [2.24, 2.45) is 11.8 Å². The van der Waals surface area contributed by atoms with E-state index in [2.05, 4.69) is 10.6 Å². The van der Waals surface area contributed by atoms with Gasteiger partial charge in [-0.1, -0.05) is 19.1 Å². The summed E-state index contributed by atoms with van der Waals surface area (Å²) in [6.07, 6.45) is 0.701. The van der Waals surface area contributed by atoms with Crippen molar-refractivity contribution in [3.05, 3.63) is 28.8 Å². The van der Waals surface area contributed by atoms with Crippen LogP contribution in [0.15, 0.2) is 12.1 Å². The Balaban J connectivity index is 1.90. The highest BCUT2D eigenvalue weighted by atomic mass is 16.2. The van der Waals surface area contributed by atoms with Gasteiger partial charge >= 0.3 is 0 Å². The van der Waals surface area contributed by atoms with Crippen LogP contribution in [0.3, 0.4) is 0 Å². The Morgan fingerprint density at radius 1 is 1.19 bits per heavy atom. The number of amides is 3. The average Bonchev–Trinajstić information content (AvgIpc) is 3.16. The van der Waals surface area contributed by atoms with Crippen LogP contribution < -0.4 is 10.6 Å². The highest BCUT2D eigenvalue weighted by molar-refractivity contribution is 6.15. The van der Waals surface area contributed by atoms with Gasteiger partial charge in [-0.15, -0.1) is 0 Å². The summed E-state index contributed by atoms with van der Waals surface area (Å²) in [5, 5.41) is 6.32. The zero-order valence-electron chi connectivity index (χ0n) is 15.8. The predicted octanol–water partition coefficient (Wildman–Crippen LogP) is 1.84. The number of nitrogens with zero attached hydrogens (tertiary/aromatic N) is 1. The first-order valence-electron chi connectivity index (χ1n) is 9.32. The van der Waals surface area contributed by atoms with Gasteiger partial charge in [-0.05, 0) is 45.2 Å². The van der Waals surface area contributed by atoms with Crippen molar-refractivity contribution in [1.82, 2.24) is 10.2 Å². The molecule has 0 radical (unpaired) electrons. The highest BCUT2D eigenvalue weighted by Gasteiger charge is 2.70. The van der Waals surface area contributed by atoms with Crippen molar-refractivity contribution in [3.8, 4) is 0 Å². The van der Waals surface area contributed by atoms with Crippen LogP contribution in [-0.4, -0.2) is 34.7 Å². The van der Waals surface area contributed by atoms with Crippen LogP contribution in [0.25, 0.3) is 0 Å². The summed E-state index contributed by atoms with van der Waals surface area (Å²) >= 11 is 0. The maximum absolute atomic E-state index is 13.3. The number of hydrogen-bond donors (Lipinski definition) is 2. The number of aryl methyl sites for hydroxylation is 1. The summed E-state index contributed by atoms with van der Waals surface area (Å²) in [7, 11) is 0. The maximum Gasteiger partial charge on any atom is 0.250 e. The molecule has 0 unspecified atom stereocenters. The molecule has 0 bridgehead atoms. The summed E-state index contributed by atoms with van der Waals surface area (Å²) in [5.74, 6) is -1.81. The highest BCUT2D eigenvalue weighted by Crippen LogP contribution is 2.53. The molecule has 1 spiro atoms. The number of carbonyl (C=O) groups excluding carboxylic acids is 3. The van der Waals surface area contributed by atoms with Gasteiger partial charge in [-0.2, -0.15) is 0 Å². The van der Waals surface area contributed by atoms with Gasteiger partial charge in [0.25, 0.3) is 0 Å². The second kappa shape index (κ2) is 5.39. The largest absolute Gasteiger partial charge is 0.324 e. The Morgan fingerprint density at radius 2 is 1.88 bits per heavy atom. The van der Waals surface area contributed by atoms with Crippen LogP contribution >= 0.6 is 0 Å². The normalized spacial score (nSPS) is 33.7. The Kier molecular flexibility index (Phi) is 3.57. The van der Waals surface area contributed by atoms with E-state index < -0.39 is 17.4 Å². The number of nitrogens with one attached hydrogen (secondary N) is 2. The quantitative estimate of drug-likeness (QED) is 0.794. The van der Waals surface area contributed by atoms with Crippen molar-refractivity contribution in [2.75, 3.05) is 5.32 Å². The van der Waals surface area contributed by atoms with Crippen molar-refractivity contribution in [2.45, 2.75) is 58.7 Å². The van der Waals surface area contributed by atoms with Gasteiger partial charge in [0.05, 0.1) is 11.8 Å². The molecule has 5 atom stereocenters. The maximum atomic E-state index is 13.3. The molecule has 1 aromatic rings. The summed E-state index contributed by atoms with van der Waals surface area (Å²) in [5.41, 5.74) is 2.49. The molecule has 2 saturated heterocycles. The van der Waals surface area contributed by atoms with Crippen molar-refractivity contribution in [3.63, 3.8) is 0 Å². The zero-order chi connectivity index (χ0) is 19.0. The lowest BCUT2D eigenvalue weighted by atomic mass is 9.76. The van der Waals surface area contributed by atoms with Crippen LogP contribution in [0.4, 0.5) is 5.69 Å². The van der Waals surface area contributed by atoms with Crippen molar-refractivity contribution in [1.29, 1.82) is 0 Å². The predicted molar refractivity (Wildman–Crippen MR) is 97.4 cm³/mol. The molecule has 26 heavy (non-hydrogen) atoms. The Bertz CT molecular complexity index is 849. The standard InChI is InChI=1S/C20H25N3O3/c1-6-10(3)23-17(24)14-12(5)22-20(15(14)18(23)25)13-8-7-9(2)11(4)16(13)21-19(20)26/h7-8,10,12,14-15,22H,6H2,1-5H3,(H,21,26)/t10-,12+,14+,15-,20-/m0/s1. The molecule has 138 valence electrons. The van der Waals surface area contributed by atoms with Gasteiger partial charge in [-0.3, -0.25) is 24.6 Å². The molecular formula is C20H25N3O3. The number of carbonyl (C=O) groups is 3. The molecule has 6 nitrogen and oxygen atoms in total. The third-order valence-electron chi connectivity index (χ3n) is 6.63. The lowest BCUT2D eigenvalue weighted by Gasteiger charge is -2.30. The summed E-state index contributed by atoms with van der Waals surface area (Å²) in [4.78, 5) is 40.9. The topological polar surface area (TPSA) is 78.5 Å². The number of anilines is 1. The fourth-order valence-electron chi connectivity index (χ4n) is 4.92. The number of benzene rings is 1. The van der Waals surface area contributed by atoms with Gasteiger partial charge in [-0.25, -0.2) is 0 Å². The zero-order valence-corrected chi connectivity index (χ0v) is 15.8.